The molecular weight excluding hydrogens is 112 g/mol. The number of hydrogen-bond acceptors (Lipinski definition) is 1. The number of hydrogen-bond donors (Lipinski definition) is 0. The molecule has 0 aliphatic carbocycles. The fourth-order valence-corrected chi connectivity index (χ4v) is 0.374. The molecule has 0 fully saturated rings. The lowest BCUT2D eigenvalue weighted by atomic mass is 9.89. The summed E-state index contributed by atoms with van der Waals surface area (Å²) >= 11 is 0. The largest absolute Gasteiger partial charge is 0.303 e. The Kier molecular flexibility index (Phi) is 2.73. The van der Waals surface area contributed by atoms with Crippen LogP contribution >= 0.6 is 0 Å². The minimum Gasteiger partial charge on any atom is -0.303 e. The maximum atomic E-state index is 9.99. The third-order valence-corrected chi connectivity index (χ3v) is 1.29. The van der Waals surface area contributed by atoms with Gasteiger partial charge in [-0.25, -0.2) is 0 Å². The lowest BCUT2D eigenvalue weighted by molar-refractivity contribution is -0.108. The summed E-state index contributed by atoms with van der Waals surface area (Å²) in [4.78, 5) is 9.99. The van der Waals surface area contributed by atoms with E-state index in [1.807, 2.05) is 0 Å². The molecule has 0 saturated heterocycles. The number of carbonyl (C=O) groups excluding carboxylic acids is 1. The van der Waals surface area contributed by atoms with E-state index in [0.29, 0.717) is 6.42 Å². The highest BCUT2D eigenvalue weighted by Gasteiger charge is 2.14. The summed E-state index contributed by atoms with van der Waals surface area (Å²) in [5.74, 6) is 2.48. The molecule has 1 unspecified atom stereocenters. The fourth-order valence-electron chi connectivity index (χ4n) is 0.374. The number of allylic oxidation sites excluding steroid dienone is 1. The van der Waals surface area contributed by atoms with Crippen molar-refractivity contribution in [3.63, 3.8) is 0 Å². The van der Waals surface area contributed by atoms with Crippen molar-refractivity contribution in [3.05, 3.63) is 12.7 Å². The summed E-state index contributed by atoms with van der Waals surface area (Å²) in [6.45, 7) is 5.32. The van der Waals surface area contributed by atoms with Crippen molar-refractivity contribution in [3.8, 4) is 12.3 Å². The van der Waals surface area contributed by atoms with Gasteiger partial charge >= 0.3 is 0 Å². The van der Waals surface area contributed by atoms with Gasteiger partial charge in [-0.15, -0.1) is 13.0 Å². The van der Waals surface area contributed by atoms with Crippen molar-refractivity contribution in [2.75, 3.05) is 0 Å². The van der Waals surface area contributed by atoms with Crippen molar-refractivity contribution in [2.24, 2.45) is 5.41 Å². The highest BCUT2D eigenvalue weighted by Crippen LogP contribution is 2.18. The maximum absolute atomic E-state index is 9.99. The SMILES string of the molecule is C#CC(C)(C=C)CC=O. The Morgan fingerprint density at radius 2 is 2.44 bits per heavy atom. The van der Waals surface area contributed by atoms with Crippen LogP contribution in [0.25, 0.3) is 0 Å². The van der Waals surface area contributed by atoms with Crippen LogP contribution in [-0.2, 0) is 4.79 Å². The molecule has 0 saturated carbocycles. The topological polar surface area (TPSA) is 17.1 Å². The minimum atomic E-state index is -0.443. The summed E-state index contributed by atoms with van der Waals surface area (Å²) < 4.78 is 0. The van der Waals surface area contributed by atoms with Crippen molar-refractivity contribution in [1.82, 2.24) is 0 Å². The third-order valence-electron chi connectivity index (χ3n) is 1.29. The van der Waals surface area contributed by atoms with Gasteiger partial charge in [-0.05, 0) is 6.92 Å². The lowest BCUT2D eigenvalue weighted by Gasteiger charge is -2.13. The zero-order chi connectivity index (χ0) is 7.33. The Bertz CT molecular complexity index is 152. The summed E-state index contributed by atoms with van der Waals surface area (Å²) in [5, 5.41) is 0. The van der Waals surface area contributed by atoms with Gasteiger partial charge in [-0.3, -0.25) is 0 Å². The first-order chi connectivity index (χ1) is 4.18. The third kappa shape index (κ3) is 2.14. The van der Waals surface area contributed by atoms with E-state index < -0.39 is 5.41 Å². The van der Waals surface area contributed by atoms with E-state index >= 15 is 0 Å². The first-order valence-electron chi connectivity index (χ1n) is 2.73. The zero-order valence-corrected chi connectivity index (χ0v) is 5.55. The lowest BCUT2D eigenvalue weighted by Crippen LogP contribution is -2.09. The second-order valence-electron chi connectivity index (χ2n) is 2.14. The summed E-state index contributed by atoms with van der Waals surface area (Å²) in [6, 6.07) is 0. The van der Waals surface area contributed by atoms with Crippen molar-refractivity contribution in [2.45, 2.75) is 13.3 Å². The van der Waals surface area contributed by atoms with Gasteiger partial charge in [0.15, 0.2) is 0 Å². The Morgan fingerprint density at radius 3 is 2.56 bits per heavy atom. The molecule has 0 N–H and O–H groups in total. The minimum absolute atomic E-state index is 0.354. The van der Waals surface area contributed by atoms with Crippen LogP contribution in [0.3, 0.4) is 0 Å². The molecular formula is C8H10O. The molecule has 0 aliphatic rings. The average molecular weight is 122 g/mol. The van der Waals surface area contributed by atoms with Crippen LogP contribution in [0, 0.1) is 17.8 Å². The van der Waals surface area contributed by atoms with E-state index in [-0.39, 0.29) is 0 Å². The van der Waals surface area contributed by atoms with Crippen LogP contribution in [0.2, 0.25) is 0 Å². The number of rotatable bonds is 3. The van der Waals surface area contributed by atoms with Gasteiger partial charge in [0, 0.05) is 6.42 Å². The van der Waals surface area contributed by atoms with E-state index in [2.05, 4.69) is 12.5 Å². The van der Waals surface area contributed by atoms with E-state index in [0.717, 1.165) is 6.29 Å². The van der Waals surface area contributed by atoms with E-state index in [9.17, 15) is 4.79 Å². The van der Waals surface area contributed by atoms with Crippen LogP contribution in [0.15, 0.2) is 12.7 Å². The highest BCUT2D eigenvalue weighted by atomic mass is 16.1. The van der Waals surface area contributed by atoms with Gasteiger partial charge in [0.05, 0.1) is 5.41 Å². The molecule has 9 heavy (non-hydrogen) atoms. The van der Waals surface area contributed by atoms with Gasteiger partial charge in [0.25, 0.3) is 0 Å². The molecule has 0 heterocycles. The molecule has 0 amide bonds. The average Bonchev–Trinajstić information content (AvgIpc) is 1.89. The molecule has 1 nitrogen and oxygen atoms in total. The van der Waals surface area contributed by atoms with Gasteiger partial charge in [-0.1, -0.05) is 12.0 Å². The van der Waals surface area contributed by atoms with Crippen molar-refractivity contribution >= 4 is 6.29 Å². The first-order valence-corrected chi connectivity index (χ1v) is 2.73. The molecule has 0 bridgehead atoms. The fraction of sp³-hybridized carbons (Fsp3) is 0.375. The molecule has 0 aliphatic heterocycles. The molecule has 0 radical (unpaired) electrons. The monoisotopic (exact) mass is 122 g/mol. The zero-order valence-electron chi connectivity index (χ0n) is 5.55. The molecule has 0 spiro atoms. The van der Waals surface area contributed by atoms with E-state index in [1.165, 1.54) is 0 Å². The van der Waals surface area contributed by atoms with Gasteiger partial charge in [-0.2, -0.15) is 0 Å². The highest BCUT2D eigenvalue weighted by molar-refractivity contribution is 5.53. The molecule has 0 aromatic rings. The van der Waals surface area contributed by atoms with Crippen LogP contribution in [0.5, 0.6) is 0 Å². The Balaban J connectivity index is 4.12. The van der Waals surface area contributed by atoms with Gasteiger partial charge in [0.1, 0.15) is 6.29 Å². The molecule has 1 atom stereocenters. The molecule has 0 rings (SSSR count). The first kappa shape index (κ1) is 7.97. The van der Waals surface area contributed by atoms with Crippen LogP contribution in [-0.4, -0.2) is 6.29 Å². The van der Waals surface area contributed by atoms with Crippen LogP contribution in [0.1, 0.15) is 13.3 Å². The summed E-state index contributed by atoms with van der Waals surface area (Å²) in [7, 11) is 0. The molecule has 1 heteroatoms. The second kappa shape index (κ2) is 3.09. The number of aldehydes is 1. The molecule has 0 aromatic carbocycles. The smallest absolute Gasteiger partial charge is 0.121 e. The predicted octanol–water partition coefficient (Wildman–Crippen LogP) is 1.40. The number of carbonyl (C=O) groups is 1. The Labute approximate surface area is 55.8 Å². The number of terminal acetylenes is 1. The van der Waals surface area contributed by atoms with Crippen molar-refractivity contribution < 1.29 is 4.79 Å². The van der Waals surface area contributed by atoms with Crippen LogP contribution < -0.4 is 0 Å². The second-order valence-corrected chi connectivity index (χ2v) is 2.14. The predicted molar refractivity (Wildman–Crippen MR) is 37.8 cm³/mol. The molecule has 0 aromatic heterocycles. The maximum Gasteiger partial charge on any atom is 0.121 e. The van der Waals surface area contributed by atoms with E-state index in [4.69, 9.17) is 6.42 Å². The standard InChI is InChI=1S/C8H10O/c1-4-8(3,5-2)6-7-9/h1,5,7H,2,6H2,3H3. The van der Waals surface area contributed by atoms with E-state index in [1.54, 1.807) is 13.0 Å². The summed E-state index contributed by atoms with van der Waals surface area (Å²) in [6.07, 6.45) is 7.90. The van der Waals surface area contributed by atoms with Gasteiger partial charge < -0.3 is 4.79 Å². The van der Waals surface area contributed by atoms with Crippen LogP contribution in [0.4, 0.5) is 0 Å². The molecule has 48 valence electrons. The Hall–Kier alpha value is -1.03. The summed E-state index contributed by atoms with van der Waals surface area (Å²) in [5.41, 5.74) is -0.443. The quantitative estimate of drug-likeness (QED) is 0.314. The van der Waals surface area contributed by atoms with Crippen molar-refractivity contribution in [1.29, 1.82) is 0 Å². The van der Waals surface area contributed by atoms with Gasteiger partial charge in [0.2, 0.25) is 0 Å². The normalized spacial score (nSPS) is 15.1. The Morgan fingerprint density at radius 1 is 1.89 bits per heavy atom.